The van der Waals surface area contributed by atoms with Crippen LogP contribution in [0.1, 0.15) is 56.6 Å². The summed E-state index contributed by atoms with van der Waals surface area (Å²) in [5.41, 5.74) is 8.07. The maximum Gasteiger partial charge on any atom is 0.326 e. The number of esters is 1. The van der Waals surface area contributed by atoms with Gasteiger partial charge in [0.15, 0.2) is 0 Å². The van der Waals surface area contributed by atoms with Crippen molar-refractivity contribution in [3.05, 3.63) is 52.5 Å². The number of carbonyl (C=O) groups excluding carboxylic acids is 2. The molecule has 0 saturated carbocycles. The zero-order valence-corrected chi connectivity index (χ0v) is 28.7. The molecular weight excluding hydrogens is 668 g/mol. The van der Waals surface area contributed by atoms with Gasteiger partial charge in [0, 0.05) is 18.0 Å². The van der Waals surface area contributed by atoms with Crippen LogP contribution in [0.25, 0.3) is 0 Å². The first kappa shape index (κ1) is 36.9. The second-order valence-corrected chi connectivity index (χ2v) is 14.5. The Morgan fingerprint density at radius 2 is 1.89 bits per heavy atom. The first-order valence-electron chi connectivity index (χ1n) is 15.7. The summed E-state index contributed by atoms with van der Waals surface area (Å²) in [6.45, 7) is 3.28. The van der Waals surface area contributed by atoms with Gasteiger partial charge >= 0.3 is 11.9 Å². The normalized spacial score (nSPS) is 17.4. The van der Waals surface area contributed by atoms with Gasteiger partial charge in [0.1, 0.15) is 17.0 Å². The highest BCUT2D eigenvalue weighted by atomic mass is 35.5. The molecular formula is C31H43ClN6O7S2. The molecule has 2 aromatic carbocycles. The SMILES string of the molecule is CCOC(=O)C(CCc1ccc(CNS(=O)(=O)c2cc3c(cc2Cl)NCNS3)cc1)N[C@@H](CCCCN)C(=O)N1CCC[C@H]1C(=O)O. The van der Waals surface area contributed by atoms with Gasteiger partial charge in [-0.05, 0) is 87.2 Å². The molecule has 2 aromatic rings. The van der Waals surface area contributed by atoms with Crippen LogP contribution in [0.5, 0.6) is 0 Å². The van der Waals surface area contributed by atoms with Crippen LogP contribution < -0.4 is 25.8 Å². The number of amides is 1. The number of nitrogens with one attached hydrogen (secondary N) is 4. The molecule has 2 heterocycles. The fraction of sp³-hybridized carbons (Fsp3) is 0.516. The summed E-state index contributed by atoms with van der Waals surface area (Å²) in [7, 11) is -3.89. The first-order valence-corrected chi connectivity index (χ1v) is 18.4. The number of aliphatic carboxylic acids is 1. The largest absolute Gasteiger partial charge is 0.480 e. The van der Waals surface area contributed by atoms with E-state index in [2.05, 4.69) is 20.1 Å². The molecule has 13 nitrogen and oxygen atoms in total. The molecule has 0 spiro atoms. The van der Waals surface area contributed by atoms with Gasteiger partial charge in [-0.25, -0.2) is 22.7 Å². The van der Waals surface area contributed by atoms with Crippen LogP contribution in [0.4, 0.5) is 5.69 Å². The highest BCUT2D eigenvalue weighted by molar-refractivity contribution is 7.97. The number of aryl methyl sites for hydroxylation is 1. The number of halogens is 1. The minimum atomic E-state index is -3.89. The van der Waals surface area contributed by atoms with Crippen LogP contribution in [0, 0.1) is 0 Å². The van der Waals surface area contributed by atoms with Crippen molar-refractivity contribution >= 4 is 57.1 Å². The van der Waals surface area contributed by atoms with E-state index >= 15 is 0 Å². The Balaban J connectivity index is 1.39. The van der Waals surface area contributed by atoms with E-state index in [1.54, 1.807) is 25.1 Å². The van der Waals surface area contributed by atoms with Crippen LogP contribution in [0.2, 0.25) is 5.02 Å². The third-order valence-corrected chi connectivity index (χ3v) is 10.8. The Hall–Kier alpha value is -2.92. The average molecular weight is 711 g/mol. The van der Waals surface area contributed by atoms with Crippen molar-refractivity contribution in [2.45, 2.75) is 86.3 Å². The maximum atomic E-state index is 13.5. The number of ether oxygens (including phenoxy) is 1. The van der Waals surface area contributed by atoms with Crippen LogP contribution in [0.15, 0.2) is 46.2 Å². The summed E-state index contributed by atoms with van der Waals surface area (Å²) >= 11 is 7.63. The summed E-state index contributed by atoms with van der Waals surface area (Å²) in [4.78, 5) is 40.4. The number of likely N-dealkylation sites (tertiary alicyclic amines) is 1. The number of benzene rings is 2. The Morgan fingerprint density at radius 3 is 2.60 bits per heavy atom. The van der Waals surface area contributed by atoms with Crippen molar-refractivity contribution in [2.24, 2.45) is 5.73 Å². The van der Waals surface area contributed by atoms with Gasteiger partial charge in [-0.1, -0.05) is 42.3 Å². The standard InChI is InChI=1S/C31H43ClN6O7S2/c1-2-45-31(42)24(37-23(6-3-4-14-33)29(39)38-15-5-7-26(38)30(40)41)13-12-20-8-10-21(11-9-20)18-36-47(43,44)28-17-27-25(16-22(28)32)34-19-35-46-27/h8-11,16-17,23-24,26,34-37H,2-7,12-15,18-19,33H2,1H3,(H,40,41)/t23-,24?,26-/m0/s1. The molecule has 258 valence electrons. The number of carbonyl (C=O) groups is 3. The summed E-state index contributed by atoms with van der Waals surface area (Å²) in [5, 5.41) is 16.1. The van der Waals surface area contributed by atoms with Crippen molar-refractivity contribution < 1.29 is 32.6 Å². The van der Waals surface area contributed by atoms with Gasteiger partial charge in [-0.15, -0.1) is 0 Å². The molecule has 4 rings (SSSR count). The topological polar surface area (TPSA) is 192 Å². The van der Waals surface area contributed by atoms with E-state index in [4.69, 9.17) is 22.1 Å². The van der Waals surface area contributed by atoms with E-state index in [1.165, 1.54) is 22.9 Å². The molecule has 16 heteroatoms. The van der Waals surface area contributed by atoms with E-state index in [9.17, 15) is 27.9 Å². The second-order valence-electron chi connectivity index (χ2n) is 11.4. The third-order valence-electron chi connectivity index (χ3n) is 8.11. The number of carboxylic acids is 1. The van der Waals surface area contributed by atoms with Crippen molar-refractivity contribution in [3.8, 4) is 0 Å². The number of nitrogens with two attached hydrogens (primary N) is 1. The predicted molar refractivity (Wildman–Crippen MR) is 180 cm³/mol. The number of anilines is 1. The number of hydrogen-bond acceptors (Lipinski definition) is 11. The van der Waals surface area contributed by atoms with Crippen LogP contribution in [-0.2, 0) is 42.1 Å². The van der Waals surface area contributed by atoms with Gasteiger partial charge in [0.25, 0.3) is 0 Å². The lowest BCUT2D eigenvalue weighted by atomic mass is 10.0. The van der Waals surface area contributed by atoms with Crippen molar-refractivity contribution in [1.82, 2.24) is 19.7 Å². The van der Waals surface area contributed by atoms with Gasteiger partial charge in [-0.2, -0.15) is 0 Å². The number of sulfonamides is 1. The Bertz CT molecular complexity index is 1510. The number of carboxylic acid groups (broad SMARTS) is 1. The third kappa shape index (κ3) is 10.0. The molecule has 7 N–H and O–H groups in total. The Kier molecular flexibility index (Phi) is 13.7. The first-order chi connectivity index (χ1) is 22.5. The molecule has 0 bridgehead atoms. The molecule has 1 saturated heterocycles. The van der Waals surface area contributed by atoms with Gasteiger partial charge in [-0.3, -0.25) is 14.9 Å². The minimum Gasteiger partial charge on any atom is -0.480 e. The van der Waals surface area contributed by atoms with E-state index in [0.29, 0.717) is 64.7 Å². The quantitative estimate of drug-likeness (QED) is 0.0801. The van der Waals surface area contributed by atoms with Crippen molar-refractivity contribution in [1.29, 1.82) is 0 Å². The molecule has 0 aromatic heterocycles. The molecule has 1 amide bonds. The van der Waals surface area contributed by atoms with Gasteiger partial charge < -0.3 is 25.8 Å². The number of unbranched alkanes of at least 4 members (excludes halogenated alkanes) is 1. The van der Waals surface area contributed by atoms with Gasteiger partial charge in [0.2, 0.25) is 15.9 Å². The summed E-state index contributed by atoms with van der Waals surface area (Å²) < 4.78 is 37.1. The fourth-order valence-electron chi connectivity index (χ4n) is 5.61. The molecule has 1 unspecified atom stereocenters. The van der Waals surface area contributed by atoms with Crippen LogP contribution in [-0.4, -0.2) is 80.8 Å². The summed E-state index contributed by atoms with van der Waals surface area (Å²) in [6, 6.07) is 8.02. The van der Waals surface area contributed by atoms with E-state index < -0.39 is 40.1 Å². The number of rotatable bonds is 17. The highest BCUT2D eigenvalue weighted by Gasteiger charge is 2.38. The van der Waals surface area contributed by atoms with Crippen LogP contribution >= 0.6 is 23.5 Å². The molecule has 1 fully saturated rings. The maximum absolute atomic E-state index is 13.5. The van der Waals surface area contributed by atoms with Crippen LogP contribution in [0.3, 0.4) is 0 Å². The Labute approximate surface area is 284 Å². The van der Waals surface area contributed by atoms with Gasteiger partial charge in [0.05, 0.1) is 30.0 Å². The molecule has 47 heavy (non-hydrogen) atoms. The minimum absolute atomic E-state index is 0.00642. The van der Waals surface area contributed by atoms with E-state index in [-0.39, 0.29) is 29.0 Å². The lowest BCUT2D eigenvalue weighted by molar-refractivity contribution is -0.150. The molecule has 2 aliphatic rings. The second kappa shape index (κ2) is 17.5. The van der Waals surface area contributed by atoms with Crippen molar-refractivity contribution in [2.75, 3.05) is 31.7 Å². The monoisotopic (exact) mass is 710 g/mol. The molecule has 0 aliphatic carbocycles. The zero-order valence-electron chi connectivity index (χ0n) is 26.3. The lowest BCUT2D eigenvalue weighted by Gasteiger charge is -2.30. The summed E-state index contributed by atoms with van der Waals surface area (Å²) in [6.07, 6.45) is 3.53. The number of nitrogens with zero attached hydrogens (tertiary/aromatic N) is 1. The average Bonchev–Trinajstić information content (AvgIpc) is 3.55. The fourth-order valence-corrected chi connectivity index (χ4v) is 7.97. The number of hydrogen-bond donors (Lipinski definition) is 6. The lowest BCUT2D eigenvalue weighted by Crippen LogP contribution is -2.54. The van der Waals surface area contributed by atoms with Crippen molar-refractivity contribution in [3.63, 3.8) is 0 Å². The number of fused-ring (bicyclic) bond motifs is 1. The molecule has 3 atom stereocenters. The zero-order chi connectivity index (χ0) is 34.0. The highest BCUT2D eigenvalue weighted by Crippen LogP contribution is 2.35. The smallest absolute Gasteiger partial charge is 0.326 e. The molecule has 0 radical (unpaired) electrons. The van der Waals surface area contributed by atoms with E-state index in [0.717, 1.165) is 21.7 Å². The predicted octanol–water partition coefficient (Wildman–Crippen LogP) is 2.83. The molecule has 2 aliphatic heterocycles. The van der Waals surface area contributed by atoms with E-state index in [1.807, 2.05) is 12.1 Å². The summed E-state index contributed by atoms with van der Waals surface area (Å²) in [5.74, 6) is -1.86. The Morgan fingerprint density at radius 1 is 1.15 bits per heavy atom.